The Kier molecular flexibility index (Phi) is 4.54. The van der Waals surface area contributed by atoms with E-state index in [1.807, 2.05) is 37.8 Å². The first-order valence-corrected chi connectivity index (χ1v) is 9.79. The van der Waals surface area contributed by atoms with Crippen molar-refractivity contribution in [3.05, 3.63) is 30.1 Å². The van der Waals surface area contributed by atoms with Gasteiger partial charge in [-0.05, 0) is 38.7 Å². The molecule has 1 atom stereocenters. The van der Waals surface area contributed by atoms with Crippen molar-refractivity contribution >= 4 is 43.1 Å². The molecule has 2 nitrogen and oxygen atoms in total. The van der Waals surface area contributed by atoms with Crippen LogP contribution in [0.4, 0.5) is 0 Å². The summed E-state index contributed by atoms with van der Waals surface area (Å²) in [6.45, 7) is 7.90. The van der Waals surface area contributed by atoms with Crippen molar-refractivity contribution in [3.63, 3.8) is 0 Å². The van der Waals surface area contributed by atoms with Gasteiger partial charge in [-0.1, -0.05) is 40.9 Å². The van der Waals surface area contributed by atoms with Gasteiger partial charge in [0, 0.05) is 6.20 Å². The van der Waals surface area contributed by atoms with Crippen LogP contribution >= 0.6 is 34.8 Å². The number of hydrogen-bond donors (Lipinski definition) is 0. The molecule has 0 spiro atoms. The molecule has 1 aromatic heterocycles. The molecule has 1 aromatic rings. The van der Waals surface area contributed by atoms with E-state index in [0.717, 1.165) is 0 Å². The Balaban J connectivity index is 3.22. The highest BCUT2D eigenvalue weighted by Crippen LogP contribution is 2.48. The third-order valence-electron chi connectivity index (χ3n) is 2.20. The normalized spacial score (nSPS) is 16.6. The fourth-order valence-electron chi connectivity index (χ4n) is 1.51. The maximum Gasteiger partial charge on any atom is 0.223 e. The Labute approximate surface area is 118 Å². The fraction of sp³-hybridized carbons (Fsp3) is 0.545. The van der Waals surface area contributed by atoms with E-state index in [0.29, 0.717) is 5.69 Å². The predicted octanol–water partition coefficient (Wildman–Crippen LogP) is 4.52. The second-order valence-corrected chi connectivity index (χ2v) is 11.7. The van der Waals surface area contributed by atoms with Crippen LogP contribution in [0, 0.1) is 0 Å². The number of nitrogens with zero attached hydrogens (tertiary/aromatic N) is 1. The van der Waals surface area contributed by atoms with Crippen molar-refractivity contribution < 1.29 is 4.43 Å². The van der Waals surface area contributed by atoms with Crippen LogP contribution in [0.3, 0.4) is 0 Å². The van der Waals surface area contributed by atoms with E-state index in [1.165, 1.54) is 0 Å². The Morgan fingerprint density at radius 3 is 2.12 bits per heavy atom. The van der Waals surface area contributed by atoms with Crippen LogP contribution in [0.2, 0.25) is 19.6 Å². The summed E-state index contributed by atoms with van der Waals surface area (Å²) in [4.78, 5) is 4.25. The highest BCUT2D eigenvalue weighted by molar-refractivity contribution is 6.71. The number of pyridine rings is 1. The lowest BCUT2D eigenvalue weighted by Crippen LogP contribution is -2.47. The zero-order valence-corrected chi connectivity index (χ0v) is 13.6. The van der Waals surface area contributed by atoms with Crippen LogP contribution in [-0.2, 0) is 10.0 Å². The first kappa shape index (κ1) is 15.3. The third kappa shape index (κ3) is 3.83. The largest absolute Gasteiger partial charge is 0.403 e. The Morgan fingerprint density at radius 2 is 1.76 bits per heavy atom. The Morgan fingerprint density at radius 1 is 1.18 bits per heavy atom. The summed E-state index contributed by atoms with van der Waals surface area (Å²) >= 11 is 18.2. The highest BCUT2D eigenvalue weighted by atomic mass is 35.6. The molecule has 0 aliphatic heterocycles. The van der Waals surface area contributed by atoms with Gasteiger partial charge in [0.1, 0.15) is 5.60 Å². The zero-order chi connectivity index (χ0) is 13.3. The van der Waals surface area contributed by atoms with E-state index >= 15 is 0 Å². The van der Waals surface area contributed by atoms with Crippen LogP contribution in [0.15, 0.2) is 24.4 Å². The van der Waals surface area contributed by atoms with Crippen LogP contribution in [0.5, 0.6) is 0 Å². The molecule has 0 aliphatic rings. The van der Waals surface area contributed by atoms with E-state index in [1.54, 1.807) is 13.1 Å². The molecular weight excluding hydrogens is 297 g/mol. The van der Waals surface area contributed by atoms with Crippen LogP contribution < -0.4 is 0 Å². The first-order valence-electron chi connectivity index (χ1n) is 5.25. The molecule has 0 radical (unpaired) electrons. The van der Waals surface area contributed by atoms with Gasteiger partial charge in [-0.2, -0.15) is 0 Å². The molecule has 6 heteroatoms. The van der Waals surface area contributed by atoms with E-state index in [9.17, 15) is 0 Å². The summed E-state index contributed by atoms with van der Waals surface area (Å²) in [6, 6.07) is 5.48. The van der Waals surface area contributed by atoms with Crippen molar-refractivity contribution in [3.8, 4) is 0 Å². The Hall–Kier alpha value is 0.197. The topological polar surface area (TPSA) is 22.1 Å². The molecule has 17 heavy (non-hydrogen) atoms. The average Bonchev–Trinajstić information content (AvgIpc) is 2.14. The van der Waals surface area contributed by atoms with E-state index in [-0.39, 0.29) is 0 Å². The van der Waals surface area contributed by atoms with E-state index < -0.39 is 17.7 Å². The molecular formula is C11H16Cl3NOSi. The van der Waals surface area contributed by atoms with Gasteiger partial charge in [0.15, 0.2) is 8.32 Å². The van der Waals surface area contributed by atoms with Crippen molar-refractivity contribution in [1.82, 2.24) is 4.98 Å². The highest BCUT2D eigenvalue weighted by Gasteiger charge is 2.50. The summed E-state index contributed by atoms with van der Waals surface area (Å²) in [6.07, 6.45) is 1.66. The summed E-state index contributed by atoms with van der Waals surface area (Å²) in [5, 5.41) is 0. The molecule has 0 saturated carbocycles. The van der Waals surface area contributed by atoms with E-state index in [4.69, 9.17) is 39.2 Å². The van der Waals surface area contributed by atoms with Crippen molar-refractivity contribution in [2.24, 2.45) is 0 Å². The predicted molar refractivity (Wildman–Crippen MR) is 76.3 cm³/mol. The van der Waals surface area contributed by atoms with Gasteiger partial charge >= 0.3 is 0 Å². The first-order chi connectivity index (χ1) is 7.56. The third-order valence-corrected chi connectivity index (χ3v) is 4.31. The number of alkyl halides is 3. The van der Waals surface area contributed by atoms with Gasteiger partial charge in [-0.25, -0.2) is 0 Å². The molecule has 0 saturated heterocycles. The standard InChI is InChI=1S/C11H16Cl3NOSi/c1-10(11(12,13)14,16-17(2,3)4)9-7-5-6-8-15-9/h5-8H,1-4H3. The van der Waals surface area contributed by atoms with Gasteiger partial charge in [0.05, 0.1) is 5.69 Å². The molecule has 0 amide bonds. The van der Waals surface area contributed by atoms with Gasteiger partial charge in [-0.15, -0.1) is 0 Å². The van der Waals surface area contributed by atoms with Gasteiger partial charge < -0.3 is 4.43 Å². The monoisotopic (exact) mass is 311 g/mol. The minimum Gasteiger partial charge on any atom is -0.403 e. The fourth-order valence-corrected chi connectivity index (χ4v) is 3.60. The second kappa shape index (κ2) is 5.06. The Bertz CT molecular complexity index is 375. The molecule has 0 fully saturated rings. The second-order valence-electron chi connectivity index (χ2n) is 4.96. The molecule has 1 unspecified atom stereocenters. The van der Waals surface area contributed by atoms with Gasteiger partial charge in [0.2, 0.25) is 3.79 Å². The molecule has 0 aromatic carbocycles. The number of rotatable bonds is 3. The lowest BCUT2D eigenvalue weighted by molar-refractivity contribution is 0.0778. The number of halogens is 3. The molecule has 0 N–H and O–H groups in total. The van der Waals surface area contributed by atoms with Gasteiger partial charge in [0.25, 0.3) is 0 Å². The molecule has 1 heterocycles. The maximum atomic E-state index is 6.07. The maximum absolute atomic E-state index is 6.07. The van der Waals surface area contributed by atoms with E-state index in [2.05, 4.69) is 4.98 Å². The smallest absolute Gasteiger partial charge is 0.223 e. The summed E-state index contributed by atoms with van der Waals surface area (Å²) in [5.41, 5.74) is -0.411. The molecule has 0 bridgehead atoms. The van der Waals surface area contributed by atoms with Crippen molar-refractivity contribution in [2.45, 2.75) is 36.0 Å². The lowest BCUT2D eigenvalue weighted by atomic mass is 10.0. The minimum absolute atomic E-state index is 0.627. The SMILES string of the molecule is CC(O[Si](C)(C)C)(c1ccccn1)C(Cl)(Cl)Cl. The average molecular weight is 313 g/mol. The summed E-state index contributed by atoms with van der Waals surface area (Å²) < 4.78 is 4.49. The molecule has 0 aliphatic carbocycles. The molecule has 1 rings (SSSR count). The zero-order valence-electron chi connectivity index (χ0n) is 10.3. The van der Waals surface area contributed by atoms with Crippen LogP contribution in [0.25, 0.3) is 0 Å². The molecule has 96 valence electrons. The van der Waals surface area contributed by atoms with Crippen LogP contribution in [-0.4, -0.2) is 17.1 Å². The summed E-state index contributed by atoms with van der Waals surface area (Å²) in [7, 11) is -1.88. The lowest BCUT2D eigenvalue weighted by Gasteiger charge is -2.40. The quantitative estimate of drug-likeness (QED) is 0.605. The van der Waals surface area contributed by atoms with Crippen molar-refractivity contribution in [1.29, 1.82) is 0 Å². The van der Waals surface area contributed by atoms with Gasteiger partial charge in [-0.3, -0.25) is 4.98 Å². The number of hydrogen-bond acceptors (Lipinski definition) is 2. The summed E-state index contributed by atoms with van der Waals surface area (Å²) in [5.74, 6) is 0. The minimum atomic E-state index is -1.88. The number of aromatic nitrogens is 1. The van der Waals surface area contributed by atoms with Crippen LogP contribution in [0.1, 0.15) is 12.6 Å². The van der Waals surface area contributed by atoms with Crippen molar-refractivity contribution in [2.75, 3.05) is 0 Å².